The number of hydrogen-bond acceptors (Lipinski definition) is 4. The normalized spacial score (nSPS) is 13.3. The molecule has 0 amide bonds. The molecule has 1 aromatic heterocycles. The van der Waals surface area contributed by atoms with Crippen molar-refractivity contribution in [3.8, 4) is 0 Å². The van der Waals surface area contributed by atoms with Gasteiger partial charge in [0.05, 0.1) is 12.6 Å². The van der Waals surface area contributed by atoms with Crippen molar-refractivity contribution in [2.45, 2.75) is 6.04 Å². The lowest BCUT2D eigenvalue weighted by atomic mass is 10.2. The fraction of sp³-hybridized carbons (Fsp3) is 0.429. The number of nitrogens with two attached hydrogens (primary N) is 1. The molecule has 2 N–H and O–H groups in total. The van der Waals surface area contributed by atoms with Gasteiger partial charge in [0.2, 0.25) is 0 Å². The molecule has 1 atom stereocenters. The van der Waals surface area contributed by atoms with E-state index in [1.807, 2.05) is 37.4 Å². The van der Waals surface area contributed by atoms with Crippen LogP contribution in [0.2, 0.25) is 0 Å². The molecular formula is C14H20N2O2. The van der Waals surface area contributed by atoms with E-state index in [9.17, 15) is 0 Å². The summed E-state index contributed by atoms with van der Waals surface area (Å²) >= 11 is 0. The number of likely N-dealkylation sites (N-methyl/N-ethyl adjacent to an activating group) is 1. The summed E-state index contributed by atoms with van der Waals surface area (Å²) in [6.45, 7) is 2.33. The van der Waals surface area contributed by atoms with Gasteiger partial charge in [0.15, 0.2) is 0 Å². The summed E-state index contributed by atoms with van der Waals surface area (Å²) in [4.78, 5) is 2.14. The van der Waals surface area contributed by atoms with Crippen molar-refractivity contribution in [3.05, 3.63) is 36.1 Å². The fourth-order valence-electron chi connectivity index (χ4n) is 1.95. The summed E-state index contributed by atoms with van der Waals surface area (Å²) < 4.78 is 10.8. The highest BCUT2D eigenvalue weighted by atomic mass is 16.5. The summed E-state index contributed by atoms with van der Waals surface area (Å²) in [5, 5.41) is 1.10. The first kappa shape index (κ1) is 13.1. The zero-order chi connectivity index (χ0) is 13.0. The van der Waals surface area contributed by atoms with Crippen LogP contribution in [0.4, 0.5) is 0 Å². The molecule has 0 aliphatic carbocycles. The van der Waals surface area contributed by atoms with Crippen LogP contribution in [0.15, 0.2) is 34.7 Å². The van der Waals surface area contributed by atoms with Crippen molar-refractivity contribution in [3.63, 3.8) is 0 Å². The van der Waals surface area contributed by atoms with Gasteiger partial charge >= 0.3 is 0 Å². The monoisotopic (exact) mass is 248 g/mol. The molecule has 0 spiro atoms. The molecule has 4 nitrogen and oxygen atoms in total. The van der Waals surface area contributed by atoms with Crippen LogP contribution in [0.3, 0.4) is 0 Å². The maximum Gasteiger partial charge on any atom is 0.134 e. The van der Waals surface area contributed by atoms with Crippen LogP contribution in [-0.2, 0) is 4.74 Å². The minimum atomic E-state index is -0.112. The van der Waals surface area contributed by atoms with E-state index in [2.05, 4.69) is 4.90 Å². The predicted molar refractivity (Wildman–Crippen MR) is 72.5 cm³/mol. The predicted octanol–water partition coefficient (Wildman–Crippen LogP) is 2.01. The first-order valence-corrected chi connectivity index (χ1v) is 6.12. The zero-order valence-corrected chi connectivity index (χ0v) is 10.9. The van der Waals surface area contributed by atoms with Crippen molar-refractivity contribution in [2.75, 3.05) is 33.9 Å². The molecule has 1 aromatic carbocycles. The Balaban J connectivity index is 2.01. The second kappa shape index (κ2) is 6.00. The van der Waals surface area contributed by atoms with Gasteiger partial charge in [-0.1, -0.05) is 18.2 Å². The highest BCUT2D eigenvalue weighted by Gasteiger charge is 2.13. The van der Waals surface area contributed by atoms with Crippen molar-refractivity contribution in [1.82, 2.24) is 4.90 Å². The van der Waals surface area contributed by atoms with Crippen LogP contribution in [0, 0.1) is 0 Å². The largest absolute Gasteiger partial charge is 0.459 e. The molecule has 4 heteroatoms. The maximum atomic E-state index is 6.16. The van der Waals surface area contributed by atoms with Crippen LogP contribution in [-0.4, -0.2) is 38.8 Å². The smallest absolute Gasteiger partial charge is 0.134 e. The highest BCUT2D eigenvalue weighted by molar-refractivity contribution is 5.77. The Hall–Kier alpha value is -1.36. The van der Waals surface area contributed by atoms with Gasteiger partial charge in [-0.15, -0.1) is 0 Å². The molecule has 0 saturated carbocycles. The van der Waals surface area contributed by atoms with Crippen molar-refractivity contribution in [1.29, 1.82) is 0 Å². The Labute approximate surface area is 107 Å². The first-order valence-electron chi connectivity index (χ1n) is 6.12. The number of fused-ring (bicyclic) bond motifs is 1. The number of furan rings is 1. The van der Waals surface area contributed by atoms with E-state index >= 15 is 0 Å². The molecule has 0 saturated heterocycles. The van der Waals surface area contributed by atoms with Gasteiger partial charge < -0.3 is 19.8 Å². The minimum Gasteiger partial charge on any atom is -0.459 e. The Morgan fingerprint density at radius 2 is 2.17 bits per heavy atom. The lowest BCUT2D eigenvalue weighted by Crippen LogP contribution is -2.31. The fourth-order valence-corrected chi connectivity index (χ4v) is 1.95. The van der Waals surface area contributed by atoms with Gasteiger partial charge in [-0.05, 0) is 19.2 Å². The van der Waals surface area contributed by atoms with Gasteiger partial charge in [-0.3, -0.25) is 0 Å². The number of rotatable bonds is 6. The molecule has 0 aliphatic heterocycles. The number of para-hydroxylation sites is 1. The summed E-state index contributed by atoms with van der Waals surface area (Å²) in [5.74, 6) is 0.834. The first-order chi connectivity index (χ1) is 8.70. The second-order valence-electron chi connectivity index (χ2n) is 4.55. The Morgan fingerprint density at radius 3 is 2.89 bits per heavy atom. The number of benzene rings is 1. The van der Waals surface area contributed by atoms with Crippen LogP contribution in [0.25, 0.3) is 11.0 Å². The third kappa shape index (κ3) is 3.10. The SMILES string of the molecule is COCCN(C)CC(N)c1cc2ccccc2o1. The molecular weight excluding hydrogens is 228 g/mol. The van der Waals surface area contributed by atoms with E-state index in [4.69, 9.17) is 14.9 Å². The van der Waals surface area contributed by atoms with E-state index in [0.717, 1.165) is 29.8 Å². The summed E-state index contributed by atoms with van der Waals surface area (Å²) in [7, 11) is 3.73. The molecule has 1 unspecified atom stereocenters. The van der Waals surface area contributed by atoms with Crippen LogP contribution >= 0.6 is 0 Å². The Morgan fingerprint density at radius 1 is 1.39 bits per heavy atom. The average molecular weight is 248 g/mol. The van der Waals surface area contributed by atoms with Gasteiger partial charge in [0.1, 0.15) is 11.3 Å². The number of nitrogens with zero attached hydrogens (tertiary/aromatic N) is 1. The molecule has 0 radical (unpaired) electrons. The minimum absolute atomic E-state index is 0.112. The van der Waals surface area contributed by atoms with Crippen molar-refractivity contribution in [2.24, 2.45) is 5.73 Å². The molecule has 98 valence electrons. The summed E-state index contributed by atoms with van der Waals surface area (Å²) in [6, 6.07) is 9.86. The number of hydrogen-bond donors (Lipinski definition) is 1. The third-order valence-corrected chi connectivity index (χ3v) is 3.00. The molecule has 0 fully saturated rings. The topological polar surface area (TPSA) is 51.6 Å². The standard InChI is InChI=1S/C14H20N2O2/c1-16(7-8-17-2)10-12(15)14-9-11-5-3-4-6-13(11)18-14/h3-6,9,12H,7-8,10,15H2,1-2H3. The van der Waals surface area contributed by atoms with E-state index in [-0.39, 0.29) is 6.04 Å². The second-order valence-corrected chi connectivity index (χ2v) is 4.55. The van der Waals surface area contributed by atoms with Gasteiger partial charge in [0.25, 0.3) is 0 Å². The van der Waals surface area contributed by atoms with Crippen LogP contribution in [0.5, 0.6) is 0 Å². The maximum absolute atomic E-state index is 6.16. The molecule has 0 aliphatic rings. The van der Waals surface area contributed by atoms with Crippen LogP contribution < -0.4 is 5.73 Å². The lowest BCUT2D eigenvalue weighted by molar-refractivity contribution is 0.157. The average Bonchev–Trinajstić information content (AvgIpc) is 2.80. The molecule has 0 bridgehead atoms. The summed E-state index contributed by atoms with van der Waals surface area (Å²) in [5.41, 5.74) is 7.05. The lowest BCUT2D eigenvalue weighted by Gasteiger charge is -2.19. The summed E-state index contributed by atoms with van der Waals surface area (Å²) in [6.07, 6.45) is 0. The van der Waals surface area contributed by atoms with Crippen molar-refractivity contribution >= 4 is 11.0 Å². The van der Waals surface area contributed by atoms with Gasteiger partial charge in [-0.25, -0.2) is 0 Å². The van der Waals surface area contributed by atoms with E-state index in [0.29, 0.717) is 6.61 Å². The zero-order valence-electron chi connectivity index (χ0n) is 10.9. The molecule has 2 aromatic rings. The van der Waals surface area contributed by atoms with Crippen molar-refractivity contribution < 1.29 is 9.15 Å². The Bertz CT molecular complexity index is 462. The highest BCUT2D eigenvalue weighted by Crippen LogP contribution is 2.22. The van der Waals surface area contributed by atoms with Crippen LogP contribution in [0.1, 0.15) is 11.8 Å². The van der Waals surface area contributed by atoms with E-state index in [1.165, 1.54) is 0 Å². The van der Waals surface area contributed by atoms with Gasteiger partial charge in [0, 0.05) is 25.6 Å². The Kier molecular flexibility index (Phi) is 4.36. The molecule has 18 heavy (non-hydrogen) atoms. The molecule has 1 heterocycles. The van der Waals surface area contributed by atoms with E-state index < -0.39 is 0 Å². The number of ether oxygens (including phenoxy) is 1. The van der Waals surface area contributed by atoms with Gasteiger partial charge in [-0.2, -0.15) is 0 Å². The third-order valence-electron chi connectivity index (χ3n) is 3.00. The number of methoxy groups -OCH3 is 1. The van der Waals surface area contributed by atoms with E-state index in [1.54, 1.807) is 7.11 Å². The quantitative estimate of drug-likeness (QED) is 0.849. The molecule has 2 rings (SSSR count).